The Morgan fingerprint density at radius 1 is 1.24 bits per heavy atom. The van der Waals surface area contributed by atoms with Gasteiger partial charge in [0.15, 0.2) is 0 Å². The highest BCUT2D eigenvalue weighted by atomic mass is 35.5. The molecule has 5 nitrogen and oxygen atoms in total. The lowest BCUT2D eigenvalue weighted by Gasteiger charge is -2.11. The van der Waals surface area contributed by atoms with E-state index in [-0.39, 0.29) is 5.91 Å². The molecule has 0 spiro atoms. The summed E-state index contributed by atoms with van der Waals surface area (Å²) in [5, 5.41) is 5.70. The number of hydrogen-bond acceptors (Lipinski definition) is 3. The first kappa shape index (κ1) is 14.9. The molecule has 0 heterocycles. The lowest BCUT2D eigenvalue weighted by Crippen LogP contribution is -2.13. The monoisotopic (exact) mass is 304 g/mol. The summed E-state index contributed by atoms with van der Waals surface area (Å²) in [7, 11) is 1.51. The average molecular weight is 305 g/mol. The van der Waals surface area contributed by atoms with Crippen LogP contribution in [0.1, 0.15) is 10.4 Å². The Labute approximate surface area is 126 Å². The largest absolute Gasteiger partial charge is 0.495 e. The van der Waals surface area contributed by atoms with Gasteiger partial charge in [0.25, 0.3) is 5.91 Å². The van der Waals surface area contributed by atoms with E-state index in [1.54, 1.807) is 42.5 Å². The Morgan fingerprint density at radius 2 is 2.05 bits per heavy atom. The molecule has 6 heteroatoms. The van der Waals surface area contributed by atoms with Crippen molar-refractivity contribution in [2.24, 2.45) is 0 Å². The SMILES string of the molecule is COc1ccc(Cl)cc1NC(=O)c1cccc(NC=O)c1. The zero-order valence-corrected chi connectivity index (χ0v) is 12.0. The van der Waals surface area contributed by atoms with Crippen LogP contribution < -0.4 is 15.4 Å². The van der Waals surface area contributed by atoms with Crippen molar-refractivity contribution in [3.05, 3.63) is 53.1 Å². The van der Waals surface area contributed by atoms with E-state index in [1.165, 1.54) is 7.11 Å². The molecule has 0 aliphatic rings. The van der Waals surface area contributed by atoms with Gasteiger partial charge in [-0.15, -0.1) is 0 Å². The fourth-order valence-electron chi connectivity index (χ4n) is 1.79. The molecule has 2 aromatic carbocycles. The molecular weight excluding hydrogens is 292 g/mol. The summed E-state index contributed by atoms with van der Waals surface area (Å²) >= 11 is 5.91. The minimum atomic E-state index is -0.329. The number of hydrogen-bond donors (Lipinski definition) is 2. The van der Waals surface area contributed by atoms with E-state index in [0.29, 0.717) is 34.1 Å². The second-order valence-corrected chi connectivity index (χ2v) is 4.58. The third-order valence-corrected chi connectivity index (χ3v) is 3.00. The predicted octanol–water partition coefficient (Wildman–Crippen LogP) is 3.17. The van der Waals surface area contributed by atoms with Gasteiger partial charge < -0.3 is 15.4 Å². The van der Waals surface area contributed by atoms with Crippen molar-refractivity contribution in [2.75, 3.05) is 17.7 Å². The van der Waals surface area contributed by atoms with Gasteiger partial charge in [-0.2, -0.15) is 0 Å². The first-order chi connectivity index (χ1) is 10.1. The van der Waals surface area contributed by atoms with E-state index in [1.807, 2.05) is 0 Å². The first-order valence-corrected chi connectivity index (χ1v) is 6.47. The quantitative estimate of drug-likeness (QED) is 0.834. The van der Waals surface area contributed by atoms with Gasteiger partial charge in [0.05, 0.1) is 12.8 Å². The third-order valence-electron chi connectivity index (χ3n) is 2.76. The van der Waals surface area contributed by atoms with Gasteiger partial charge in [-0.3, -0.25) is 9.59 Å². The highest BCUT2D eigenvalue weighted by molar-refractivity contribution is 6.31. The van der Waals surface area contributed by atoms with E-state index in [4.69, 9.17) is 16.3 Å². The van der Waals surface area contributed by atoms with E-state index in [9.17, 15) is 9.59 Å². The minimum Gasteiger partial charge on any atom is -0.495 e. The molecular formula is C15H13ClN2O3. The van der Waals surface area contributed by atoms with Gasteiger partial charge in [0, 0.05) is 16.3 Å². The number of nitrogens with one attached hydrogen (secondary N) is 2. The Bertz CT molecular complexity index is 674. The Kier molecular flexibility index (Phi) is 4.79. The summed E-state index contributed by atoms with van der Waals surface area (Å²) in [5.74, 6) is 0.181. The molecule has 0 atom stereocenters. The van der Waals surface area contributed by atoms with Gasteiger partial charge in [-0.1, -0.05) is 17.7 Å². The molecule has 2 amide bonds. The van der Waals surface area contributed by atoms with Crippen LogP contribution in [0.25, 0.3) is 0 Å². The van der Waals surface area contributed by atoms with Crippen molar-refractivity contribution in [3.8, 4) is 5.75 Å². The summed E-state index contributed by atoms with van der Waals surface area (Å²) in [5.41, 5.74) is 1.42. The first-order valence-electron chi connectivity index (χ1n) is 6.09. The molecule has 2 rings (SSSR count). The molecule has 0 fully saturated rings. The lowest BCUT2D eigenvalue weighted by molar-refractivity contribution is -0.105. The molecule has 0 aliphatic carbocycles. The molecule has 21 heavy (non-hydrogen) atoms. The Hall–Kier alpha value is -2.53. The van der Waals surface area contributed by atoms with Crippen molar-refractivity contribution in [1.29, 1.82) is 0 Å². The molecule has 108 valence electrons. The molecule has 0 unspecified atom stereocenters. The van der Waals surface area contributed by atoms with Crippen LogP contribution in [0, 0.1) is 0 Å². The molecule has 0 radical (unpaired) electrons. The molecule has 2 N–H and O–H groups in total. The lowest BCUT2D eigenvalue weighted by atomic mass is 10.2. The second-order valence-electron chi connectivity index (χ2n) is 4.14. The third kappa shape index (κ3) is 3.73. The van der Waals surface area contributed by atoms with Crippen molar-refractivity contribution in [1.82, 2.24) is 0 Å². The highest BCUT2D eigenvalue weighted by Gasteiger charge is 2.10. The van der Waals surface area contributed by atoms with Gasteiger partial charge >= 0.3 is 0 Å². The fraction of sp³-hybridized carbons (Fsp3) is 0.0667. The summed E-state index contributed by atoms with van der Waals surface area (Å²) in [4.78, 5) is 22.6. The maximum absolute atomic E-state index is 12.2. The standard InChI is InChI=1S/C15H13ClN2O3/c1-21-14-6-5-11(16)8-13(14)18-15(20)10-3-2-4-12(7-10)17-9-19/h2-9H,1H3,(H,17,19)(H,18,20). The van der Waals surface area contributed by atoms with Crippen molar-refractivity contribution >= 4 is 35.3 Å². The van der Waals surface area contributed by atoms with Gasteiger partial charge in [-0.05, 0) is 36.4 Å². The molecule has 0 bridgehead atoms. The number of halogens is 1. The van der Waals surface area contributed by atoms with Crippen molar-refractivity contribution in [2.45, 2.75) is 0 Å². The minimum absolute atomic E-state index is 0.329. The molecule has 2 aromatic rings. The predicted molar refractivity (Wildman–Crippen MR) is 82.1 cm³/mol. The van der Waals surface area contributed by atoms with Crippen LogP contribution in [0.15, 0.2) is 42.5 Å². The number of rotatable bonds is 5. The van der Waals surface area contributed by atoms with Crippen molar-refractivity contribution < 1.29 is 14.3 Å². The van der Waals surface area contributed by atoms with Crippen LogP contribution in [-0.4, -0.2) is 19.4 Å². The normalized spacial score (nSPS) is 9.81. The van der Waals surface area contributed by atoms with E-state index < -0.39 is 0 Å². The van der Waals surface area contributed by atoms with E-state index in [0.717, 1.165) is 0 Å². The van der Waals surface area contributed by atoms with Crippen LogP contribution >= 0.6 is 11.6 Å². The second kappa shape index (κ2) is 6.76. The summed E-state index contributed by atoms with van der Waals surface area (Å²) in [6.45, 7) is 0. The number of ether oxygens (including phenoxy) is 1. The Morgan fingerprint density at radius 3 is 2.76 bits per heavy atom. The van der Waals surface area contributed by atoms with Crippen LogP contribution in [-0.2, 0) is 4.79 Å². The number of anilines is 2. The molecule has 0 aromatic heterocycles. The van der Waals surface area contributed by atoms with Crippen LogP contribution in [0.2, 0.25) is 5.02 Å². The number of carbonyl (C=O) groups excluding carboxylic acids is 2. The molecule has 0 aliphatic heterocycles. The van der Waals surface area contributed by atoms with Crippen LogP contribution in [0.4, 0.5) is 11.4 Å². The number of methoxy groups -OCH3 is 1. The molecule has 0 saturated heterocycles. The Balaban J connectivity index is 2.23. The van der Waals surface area contributed by atoms with Gasteiger partial charge in [0.1, 0.15) is 5.75 Å². The van der Waals surface area contributed by atoms with E-state index >= 15 is 0 Å². The van der Waals surface area contributed by atoms with Gasteiger partial charge in [0.2, 0.25) is 6.41 Å². The highest BCUT2D eigenvalue weighted by Crippen LogP contribution is 2.28. The fourth-order valence-corrected chi connectivity index (χ4v) is 1.96. The summed E-state index contributed by atoms with van der Waals surface area (Å²) < 4.78 is 5.17. The summed E-state index contributed by atoms with van der Waals surface area (Å²) in [6, 6.07) is 11.5. The van der Waals surface area contributed by atoms with E-state index in [2.05, 4.69) is 10.6 Å². The molecule has 0 saturated carbocycles. The van der Waals surface area contributed by atoms with Crippen LogP contribution in [0.5, 0.6) is 5.75 Å². The topological polar surface area (TPSA) is 67.4 Å². The number of carbonyl (C=O) groups is 2. The summed E-state index contributed by atoms with van der Waals surface area (Å²) in [6.07, 6.45) is 0.553. The smallest absolute Gasteiger partial charge is 0.255 e. The van der Waals surface area contributed by atoms with Crippen LogP contribution in [0.3, 0.4) is 0 Å². The zero-order chi connectivity index (χ0) is 15.2. The zero-order valence-electron chi connectivity index (χ0n) is 11.2. The van der Waals surface area contributed by atoms with Crippen molar-refractivity contribution in [3.63, 3.8) is 0 Å². The average Bonchev–Trinajstić information content (AvgIpc) is 2.48. The van der Waals surface area contributed by atoms with Gasteiger partial charge in [-0.25, -0.2) is 0 Å². The number of benzene rings is 2. The maximum atomic E-state index is 12.2. The number of amides is 2. The maximum Gasteiger partial charge on any atom is 0.255 e.